The summed E-state index contributed by atoms with van der Waals surface area (Å²) in [6.07, 6.45) is 2.86. The van der Waals surface area contributed by atoms with Gasteiger partial charge < -0.3 is 14.3 Å². The standard InChI is InChI=1S/C25H36O4Si/c1-15-13-24-14-25(15,27)12-11-18(24)17-9-10-19(29-30(7,8)23(3,4)5)16(2)20(17)21(24)22(26)28-6/h9-10,18,21,27H,1,11-14H2,2-8H3/t18-,21+,24-,25-/m0/s1. The highest BCUT2D eigenvalue weighted by Crippen LogP contribution is 2.72. The van der Waals surface area contributed by atoms with Gasteiger partial charge in [-0.25, -0.2) is 0 Å². The highest BCUT2D eigenvalue weighted by atomic mass is 28.4. The maximum absolute atomic E-state index is 13.2. The Hall–Kier alpha value is -1.59. The van der Waals surface area contributed by atoms with Crippen LogP contribution in [-0.4, -0.2) is 32.1 Å². The van der Waals surface area contributed by atoms with Gasteiger partial charge in [-0.3, -0.25) is 4.79 Å². The number of fused-ring (bicyclic) bond motifs is 3. The van der Waals surface area contributed by atoms with Crippen LogP contribution in [0.15, 0.2) is 24.3 Å². The van der Waals surface area contributed by atoms with Crippen LogP contribution in [0.1, 0.15) is 75.0 Å². The van der Waals surface area contributed by atoms with E-state index in [4.69, 9.17) is 9.16 Å². The zero-order valence-electron chi connectivity index (χ0n) is 19.5. The molecule has 3 aliphatic rings. The molecule has 5 heteroatoms. The second-order valence-corrected chi connectivity index (χ2v) is 16.0. The molecule has 1 aromatic carbocycles. The molecule has 0 unspecified atom stereocenters. The van der Waals surface area contributed by atoms with E-state index in [0.717, 1.165) is 28.9 Å². The third-order valence-corrected chi connectivity index (χ3v) is 13.1. The minimum absolute atomic E-state index is 0.0898. The SMILES string of the molecule is C=C1C[C@]23C[C@@]1(O)CC[C@H]2c1ccc(O[Si](C)(C)C(C)(C)C)c(C)c1[C@@H]3C(=O)OC. The van der Waals surface area contributed by atoms with E-state index in [1.54, 1.807) is 0 Å². The quantitative estimate of drug-likeness (QED) is 0.387. The lowest BCUT2D eigenvalue weighted by atomic mass is 9.63. The Bertz CT molecular complexity index is 928. The van der Waals surface area contributed by atoms with E-state index in [1.165, 1.54) is 12.7 Å². The van der Waals surface area contributed by atoms with Gasteiger partial charge in [0.25, 0.3) is 0 Å². The number of carbonyl (C=O) groups is 1. The molecule has 0 aliphatic heterocycles. The summed E-state index contributed by atoms with van der Waals surface area (Å²) >= 11 is 0. The molecule has 1 spiro atoms. The fourth-order valence-electron chi connectivity index (χ4n) is 6.06. The molecule has 0 saturated heterocycles. The summed E-state index contributed by atoms with van der Waals surface area (Å²) in [4.78, 5) is 13.2. The van der Waals surface area contributed by atoms with Crippen molar-refractivity contribution < 1.29 is 19.1 Å². The highest BCUT2D eigenvalue weighted by molar-refractivity contribution is 6.74. The number of hydrogen-bond acceptors (Lipinski definition) is 4. The molecule has 3 aliphatic carbocycles. The number of esters is 1. The highest BCUT2D eigenvalue weighted by Gasteiger charge is 2.66. The Morgan fingerprint density at radius 2 is 1.97 bits per heavy atom. The minimum Gasteiger partial charge on any atom is -0.543 e. The van der Waals surface area contributed by atoms with E-state index in [1.807, 2.05) is 0 Å². The predicted molar refractivity (Wildman–Crippen MR) is 121 cm³/mol. The van der Waals surface area contributed by atoms with Crippen LogP contribution in [0.3, 0.4) is 0 Å². The molecule has 0 radical (unpaired) electrons. The number of aliphatic hydroxyl groups is 1. The first-order chi connectivity index (χ1) is 13.8. The first-order valence-corrected chi connectivity index (χ1v) is 14.0. The van der Waals surface area contributed by atoms with Crippen LogP contribution in [0.25, 0.3) is 0 Å². The number of rotatable bonds is 3. The number of benzene rings is 1. The first kappa shape index (κ1) is 21.6. The lowest BCUT2D eigenvalue weighted by molar-refractivity contribution is -0.147. The summed E-state index contributed by atoms with van der Waals surface area (Å²) in [7, 11) is -0.549. The van der Waals surface area contributed by atoms with Gasteiger partial charge in [0.05, 0.1) is 18.6 Å². The largest absolute Gasteiger partial charge is 0.543 e. The van der Waals surface area contributed by atoms with Crippen molar-refractivity contribution in [3.8, 4) is 5.75 Å². The lowest BCUT2D eigenvalue weighted by Gasteiger charge is -2.41. The Morgan fingerprint density at radius 3 is 2.57 bits per heavy atom. The predicted octanol–water partition coefficient (Wildman–Crippen LogP) is 5.59. The normalized spacial score (nSPS) is 32.6. The Morgan fingerprint density at radius 1 is 1.30 bits per heavy atom. The number of carbonyl (C=O) groups excluding carboxylic acids is 1. The molecule has 2 bridgehead atoms. The summed E-state index contributed by atoms with van der Waals surface area (Å²) in [5, 5.41) is 11.3. The second kappa shape index (κ2) is 6.46. The molecule has 2 saturated carbocycles. The fraction of sp³-hybridized carbons (Fsp3) is 0.640. The third kappa shape index (κ3) is 2.77. The van der Waals surface area contributed by atoms with Gasteiger partial charge in [-0.2, -0.15) is 0 Å². The molecule has 30 heavy (non-hydrogen) atoms. The maximum Gasteiger partial charge on any atom is 0.313 e. The fourth-order valence-corrected chi connectivity index (χ4v) is 7.14. The van der Waals surface area contributed by atoms with Gasteiger partial charge >= 0.3 is 5.97 Å². The Kier molecular flexibility index (Phi) is 4.66. The van der Waals surface area contributed by atoms with Crippen molar-refractivity contribution in [3.63, 3.8) is 0 Å². The van der Waals surface area contributed by atoms with Crippen molar-refractivity contribution in [2.24, 2.45) is 5.41 Å². The summed E-state index contributed by atoms with van der Waals surface area (Å²) in [5.41, 5.74) is 3.06. The van der Waals surface area contributed by atoms with Gasteiger partial charge in [-0.15, -0.1) is 0 Å². The maximum atomic E-state index is 13.2. The smallest absolute Gasteiger partial charge is 0.313 e. The third-order valence-electron chi connectivity index (χ3n) is 8.71. The van der Waals surface area contributed by atoms with Crippen LogP contribution < -0.4 is 4.43 Å². The van der Waals surface area contributed by atoms with Crippen molar-refractivity contribution in [1.82, 2.24) is 0 Å². The molecule has 1 N–H and O–H groups in total. The van der Waals surface area contributed by atoms with Crippen LogP contribution >= 0.6 is 0 Å². The molecule has 4 nitrogen and oxygen atoms in total. The molecule has 4 atom stereocenters. The first-order valence-electron chi connectivity index (χ1n) is 11.1. The summed E-state index contributed by atoms with van der Waals surface area (Å²) < 4.78 is 12.0. The molecule has 2 fully saturated rings. The molecular weight excluding hydrogens is 392 g/mol. The van der Waals surface area contributed by atoms with Crippen LogP contribution in [0.2, 0.25) is 18.1 Å². The second-order valence-electron chi connectivity index (χ2n) is 11.3. The summed E-state index contributed by atoms with van der Waals surface area (Å²) in [6.45, 7) is 17.5. The molecule has 0 amide bonds. The van der Waals surface area contributed by atoms with Crippen molar-refractivity contribution in [2.75, 3.05) is 7.11 Å². The van der Waals surface area contributed by atoms with E-state index in [9.17, 15) is 9.90 Å². The van der Waals surface area contributed by atoms with Crippen LogP contribution in [-0.2, 0) is 9.53 Å². The van der Waals surface area contributed by atoms with Crippen LogP contribution in [0.5, 0.6) is 5.75 Å². The van der Waals surface area contributed by atoms with E-state index in [2.05, 4.69) is 59.5 Å². The monoisotopic (exact) mass is 428 g/mol. The van der Waals surface area contributed by atoms with E-state index < -0.39 is 13.9 Å². The van der Waals surface area contributed by atoms with E-state index in [0.29, 0.717) is 19.3 Å². The molecule has 4 rings (SSSR count). The number of ether oxygens (including phenoxy) is 1. The van der Waals surface area contributed by atoms with E-state index >= 15 is 0 Å². The zero-order chi connectivity index (χ0) is 22.3. The van der Waals surface area contributed by atoms with Gasteiger partial charge in [-0.05, 0) is 85.0 Å². The Balaban J connectivity index is 1.86. The van der Waals surface area contributed by atoms with Crippen molar-refractivity contribution in [3.05, 3.63) is 41.0 Å². The lowest BCUT2D eigenvalue weighted by Crippen LogP contribution is -2.44. The Labute approximate surface area is 181 Å². The van der Waals surface area contributed by atoms with Crippen molar-refractivity contribution >= 4 is 14.3 Å². The van der Waals surface area contributed by atoms with Gasteiger partial charge in [0.1, 0.15) is 5.75 Å². The van der Waals surface area contributed by atoms with Gasteiger partial charge in [0.15, 0.2) is 0 Å². The van der Waals surface area contributed by atoms with Gasteiger partial charge in [-0.1, -0.05) is 33.4 Å². The molecule has 0 heterocycles. The molecule has 0 aromatic heterocycles. The molecular formula is C25H36O4Si. The zero-order valence-corrected chi connectivity index (χ0v) is 20.5. The number of hydrogen-bond donors (Lipinski definition) is 1. The van der Waals surface area contributed by atoms with E-state index in [-0.39, 0.29) is 28.3 Å². The van der Waals surface area contributed by atoms with Crippen LogP contribution in [0.4, 0.5) is 0 Å². The molecule has 164 valence electrons. The van der Waals surface area contributed by atoms with Crippen molar-refractivity contribution in [2.45, 2.75) is 88.9 Å². The number of methoxy groups -OCH3 is 1. The van der Waals surface area contributed by atoms with Gasteiger partial charge in [0, 0.05) is 5.41 Å². The topological polar surface area (TPSA) is 55.8 Å². The summed E-state index contributed by atoms with van der Waals surface area (Å²) in [5.74, 6) is 0.551. The average Bonchev–Trinajstić information content (AvgIpc) is 3.02. The molecule has 1 aromatic rings. The average molecular weight is 429 g/mol. The van der Waals surface area contributed by atoms with Crippen molar-refractivity contribution in [1.29, 1.82) is 0 Å². The van der Waals surface area contributed by atoms with Gasteiger partial charge in [0.2, 0.25) is 8.32 Å². The summed E-state index contributed by atoms with van der Waals surface area (Å²) in [6, 6.07) is 4.28. The van der Waals surface area contributed by atoms with Crippen LogP contribution in [0, 0.1) is 12.3 Å². The minimum atomic E-state index is -2.02.